The minimum absolute atomic E-state index is 0.167. The Balaban J connectivity index is 1.42. The smallest absolute Gasteiger partial charge is 0.123 e. The van der Waals surface area contributed by atoms with Crippen LogP contribution < -0.4 is 10.1 Å². The normalized spacial score (nSPS) is 22.3. The minimum atomic E-state index is -0.169. The van der Waals surface area contributed by atoms with Crippen LogP contribution in [0.2, 0.25) is 0 Å². The van der Waals surface area contributed by atoms with Gasteiger partial charge in [0, 0.05) is 18.5 Å². The summed E-state index contributed by atoms with van der Waals surface area (Å²) in [6.45, 7) is 4.37. The third-order valence-corrected chi connectivity index (χ3v) is 4.66. The quantitative estimate of drug-likeness (QED) is 0.902. The lowest BCUT2D eigenvalue weighted by molar-refractivity contribution is 0.161. The highest BCUT2D eigenvalue weighted by atomic mass is 19.1. The van der Waals surface area contributed by atoms with Crippen molar-refractivity contribution in [3.63, 3.8) is 0 Å². The van der Waals surface area contributed by atoms with Gasteiger partial charge in [-0.15, -0.1) is 0 Å². The van der Waals surface area contributed by atoms with E-state index < -0.39 is 0 Å². The summed E-state index contributed by atoms with van der Waals surface area (Å²) in [6, 6.07) is 4.83. The Morgan fingerprint density at radius 3 is 2.95 bits per heavy atom. The fourth-order valence-electron chi connectivity index (χ4n) is 3.40. The highest BCUT2D eigenvalue weighted by molar-refractivity contribution is 5.37. The van der Waals surface area contributed by atoms with Crippen molar-refractivity contribution in [1.29, 1.82) is 0 Å². The molecule has 2 heterocycles. The van der Waals surface area contributed by atoms with Crippen molar-refractivity contribution in [3.05, 3.63) is 29.6 Å². The summed E-state index contributed by atoms with van der Waals surface area (Å²) in [5, 5.41) is 3.41. The first-order chi connectivity index (χ1) is 10.2. The van der Waals surface area contributed by atoms with Crippen molar-refractivity contribution in [2.24, 2.45) is 5.92 Å². The number of benzene rings is 1. The van der Waals surface area contributed by atoms with E-state index >= 15 is 0 Å². The molecule has 1 aromatic carbocycles. The molecule has 1 atom stereocenters. The predicted molar refractivity (Wildman–Crippen MR) is 82.2 cm³/mol. The van der Waals surface area contributed by atoms with Gasteiger partial charge in [0.25, 0.3) is 0 Å². The van der Waals surface area contributed by atoms with Crippen molar-refractivity contribution < 1.29 is 9.13 Å². The Kier molecular flexibility index (Phi) is 4.76. The largest absolute Gasteiger partial charge is 0.488 e. The van der Waals surface area contributed by atoms with Crippen molar-refractivity contribution in [2.75, 3.05) is 33.2 Å². The van der Waals surface area contributed by atoms with Gasteiger partial charge in [-0.1, -0.05) is 0 Å². The number of hydrogen-bond acceptors (Lipinski definition) is 3. The van der Waals surface area contributed by atoms with E-state index in [-0.39, 0.29) is 11.9 Å². The molecule has 0 amide bonds. The molecule has 1 saturated heterocycles. The lowest BCUT2D eigenvalue weighted by Crippen LogP contribution is -2.34. The van der Waals surface area contributed by atoms with E-state index in [0.717, 1.165) is 36.7 Å². The molecule has 21 heavy (non-hydrogen) atoms. The van der Waals surface area contributed by atoms with Gasteiger partial charge in [-0.3, -0.25) is 0 Å². The summed E-state index contributed by atoms with van der Waals surface area (Å²) in [7, 11) is 2.16. The zero-order chi connectivity index (χ0) is 14.7. The maximum atomic E-state index is 13.2. The molecule has 1 N–H and O–H groups in total. The fraction of sp³-hybridized carbons (Fsp3) is 0.647. The van der Waals surface area contributed by atoms with Gasteiger partial charge in [-0.05, 0) is 70.1 Å². The third kappa shape index (κ3) is 3.95. The second-order valence-corrected chi connectivity index (χ2v) is 6.44. The van der Waals surface area contributed by atoms with Gasteiger partial charge < -0.3 is 15.0 Å². The molecule has 1 fully saturated rings. The molecule has 1 unspecified atom stereocenters. The van der Waals surface area contributed by atoms with Crippen LogP contribution in [-0.4, -0.2) is 44.2 Å². The number of ether oxygens (including phenoxy) is 1. The molecule has 0 spiro atoms. The van der Waals surface area contributed by atoms with E-state index in [9.17, 15) is 4.39 Å². The Hall–Kier alpha value is -1.13. The summed E-state index contributed by atoms with van der Waals surface area (Å²) in [4.78, 5) is 2.36. The van der Waals surface area contributed by atoms with Crippen LogP contribution in [0, 0.1) is 11.7 Å². The van der Waals surface area contributed by atoms with Gasteiger partial charge >= 0.3 is 0 Å². The summed E-state index contributed by atoms with van der Waals surface area (Å²) in [5.41, 5.74) is 1.01. The van der Waals surface area contributed by atoms with E-state index in [1.54, 1.807) is 12.1 Å². The van der Waals surface area contributed by atoms with Crippen LogP contribution in [0.4, 0.5) is 4.39 Å². The average molecular weight is 292 g/mol. The van der Waals surface area contributed by atoms with Crippen LogP contribution in [0.1, 0.15) is 24.8 Å². The summed E-state index contributed by atoms with van der Waals surface area (Å²) < 4.78 is 19.1. The predicted octanol–water partition coefficient (Wildman–Crippen LogP) is 2.45. The molecule has 3 nitrogen and oxygen atoms in total. The molecule has 4 heteroatoms. The van der Waals surface area contributed by atoms with Gasteiger partial charge in [0.2, 0.25) is 0 Å². The number of likely N-dealkylation sites (N-methyl/N-ethyl adjacent to an activating group) is 1. The number of halogens is 1. The molecule has 1 aromatic rings. The Morgan fingerprint density at radius 2 is 2.14 bits per heavy atom. The summed E-state index contributed by atoms with van der Waals surface area (Å²) in [5.74, 6) is 1.55. The molecular formula is C17H25FN2O. The van der Waals surface area contributed by atoms with Crippen LogP contribution >= 0.6 is 0 Å². The molecule has 0 radical (unpaired) electrons. The van der Waals surface area contributed by atoms with Crippen LogP contribution in [-0.2, 0) is 6.42 Å². The van der Waals surface area contributed by atoms with Gasteiger partial charge in [0.1, 0.15) is 17.7 Å². The maximum Gasteiger partial charge on any atom is 0.123 e. The zero-order valence-corrected chi connectivity index (χ0v) is 12.8. The van der Waals surface area contributed by atoms with Crippen LogP contribution in [0.25, 0.3) is 0 Å². The topological polar surface area (TPSA) is 24.5 Å². The monoisotopic (exact) mass is 292 g/mol. The Bertz CT molecular complexity index is 474. The van der Waals surface area contributed by atoms with Gasteiger partial charge in [0.05, 0.1) is 0 Å². The first kappa shape index (κ1) is 14.8. The van der Waals surface area contributed by atoms with Crippen LogP contribution in [0.3, 0.4) is 0 Å². The first-order valence-corrected chi connectivity index (χ1v) is 8.05. The SMILES string of the molecule is CN(CCC1CCNCC1)CC1Cc2cc(F)ccc2O1. The highest BCUT2D eigenvalue weighted by Gasteiger charge is 2.24. The first-order valence-electron chi connectivity index (χ1n) is 8.05. The molecule has 0 bridgehead atoms. The van der Waals surface area contributed by atoms with Crippen molar-refractivity contribution >= 4 is 0 Å². The van der Waals surface area contributed by atoms with Gasteiger partial charge in [-0.25, -0.2) is 4.39 Å². The Labute approximate surface area is 126 Å². The van der Waals surface area contributed by atoms with E-state index in [2.05, 4.69) is 17.3 Å². The molecule has 2 aliphatic heterocycles. The highest BCUT2D eigenvalue weighted by Crippen LogP contribution is 2.29. The number of rotatable bonds is 5. The van der Waals surface area contributed by atoms with Crippen molar-refractivity contribution in [1.82, 2.24) is 10.2 Å². The van der Waals surface area contributed by atoms with Gasteiger partial charge in [0.15, 0.2) is 0 Å². The molecule has 0 saturated carbocycles. The van der Waals surface area contributed by atoms with E-state index in [0.29, 0.717) is 0 Å². The molecule has 3 rings (SSSR count). The lowest BCUT2D eigenvalue weighted by Gasteiger charge is -2.26. The number of nitrogens with one attached hydrogen (secondary N) is 1. The molecule has 0 aliphatic carbocycles. The molecule has 0 aromatic heterocycles. The van der Waals surface area contributed by atoms with E-state index in [1.165, 1.54) is 38.4 Å². The fourth-order valence-corrected chi connectivity index (χ4v) is 3.40. The number of piperidine rings is 1. The number of nitrogens with zero attached hydrogens (tertiary/aromatic N) is 1. The Morgan fingerprint density at radius 1 is 1.33 bits per heavy atom. The molecular weight excluding hydrogens is 267 g/mol. The van der Waals surface area contributed by atoms with E-state index in [4.69, 9.17) is 4.74 Å². The lowest BCUT2D eigenvalue weighted by atomic mass is 9.94. The van der Waals surface area contributed by atoms with Crippen molar-refractivity contribution in [3.8, 4) is 5.75 Å². The van der Waals surface area contributed by atoms with Crippen molar-refractivity contribution in [2.45, 2.75) is 31.8 Å². The van der Waals surface area contributed by atoms with Crippen LogP contribution in [0.5, 0.6) is 5.75 Å². The molecule has 116 valence electrons. The number of hydrogen-bond donors (Lipinski definition) is 1. The third-order valence-electron chi connectivity index (χ3n) is 4.66. The minimum Gasteiger partial charge on any atom is -0.488 e. The average Bonchev–Trinajstić information content (AvgIpc) is 2.87. The summed E-state index contributed by atoms with van der Waals surface area (Å²) >= 11 is 0. The summed E-state index contributed by atoms with van der Waals surface area (Å²) in [6.07, 6.45) is 4.87. The second kappa shape index (κ2) is 6.75. The van der Waals surface area contributed by atoms with E-state index in [1.807, 2.05) is 0 Å². The maximum absolute atomic E-state index is 13.2. The number of fused-ring (bicyclic) bond motifs is 1. The zero-order valence-electron chi connectivity index (χ0n) is 12.8. The van der Waals surface area contributed by atoms with Gasteiger partial charge in [-0.2, -0.15) is 0 Å². The van der Waals surface area contributed by atoms with Crippen LogP contribution in [0.15, 0.2) is 18.2 Å². The standard InChI is InChI=1S/C17H25FN2O/c1-20(9-6-13-4-7-19-8-5-13)12-16-11-14-10-15(18)2-3-17(14)21-16/h2-3,10,13,16,19H,4-9,11-12H2,1H3. The molecule has 2 aliphatic rings. The second-order valence-electron chi connectivity index (χ2n) is 6.44.